The molecule has 0 unspecified atom stereocenters. The Hall–Kier alpha value is -2.79. The van der Waals surface area contributed by atoms with Gasteiger partial charge in [-0.25, -0.2) is 4.79 Å². The lowest BCUT2D eigenvalue weighted by Gasteiger charge is -2.14. The highest BCUT2D eigenvalue weighted by Gasteiger charge is 2.17. The molecule has 0 aliphatic carbocycles. The van der Waals surface area contributed by atoms with Crippen molar-refractivity contribution in [1.29, 1.82) is 0 Å². The summed E-state index contributed by atoms with van der Waals surface area (Å²) >= 11 is 5.95. The molecule has 128 valence electrons. The third-order valence-electron chi connectivity index (χ3n) is 3.90. The first-order valence-electron chi connectivity index (χ1n) is 7.66. The van der Waals surface area contributed by atoms with Crippen LogP contribution in [0.3, 0.4) is 0 Å². The molecule has 1 aromatic heterocycles. The smallest absolute Gasteiger partial charge is 0.349 e. The maximum absolute atomic E-state index is 12.5. The van der Waals surface area contributed by atoms with Crippen molar-refractivity contribution in [2.45, 2.75) is 13.0 Å². The van der Waals surface area contributed by atoms with E-state index in [-0.39, 0.29) is 11.6 Å². The van der Waals surface area contributed by atoms with Crippen LogP contribution in [0.2, 0.25) is 5.02 Å². The molecule has 0 fully saturated rings. The van der Waals surface area contributed by atoms with E-state index in [4.69, 9.17) is 20.8 Å². The first kappa shape index (κ1) is 17.0. The summed E-state index contributed by atoms with van der Waals surface area (Å²) in [7, 11) is 1.59. The van der Waals surface area contributed by atoms with E-state index in [1.807, 2.05) is 31.2 Å². The summed E-state index contributed by atoms with van der Waals surface area (Å²) in [5.74, 6) is 0.230. The number of benzene rings is 2. The molecule has 0 bridgehead atoms. The van der Waals surface area contributed by atoms with Crippen LogP contribution in [0.15, 0.2) is 57.7 Å². The average molecular weight is 358 g/mol. The molecule has 1 amide bonds. The Morgan fingerprint density at radius 3 is 2.56 bits per heavy atom. The van der Waals surface area contributed by atoms with Crippen LogP contribution in [0.4, 0.5) is 0 Å². The van der Waals surface area contributed by atoms with E-state index in [0.29, 0.717) is 16.0 Å². The van der Waals surface area contributed by atoms with Crippen molar-refractivity contribution in [3.05, 3.63) is 75.1 Å². The summed E-state index contributed by atoms with van der Waals surface area (Å²) in [6.07, 6.45) is 0. The Kier molecular flexibility index (Phi) is 4.76. The summed E-state index contributed by atoms with van der Waals surface area (Å²) in [6, 6.07) is 13.4. The van der Waals surface area contributed by atoms with Crippen molar-refractivity contribution < 1.29 is 13.9 Å². The molecule has 0 saturated carbocycles. The van der Waals surface area contributed by atoms with Crippen molar-refractivity contribution >= 4 is 28.5 Å². The quantitative estimate of drug-likeness (QED) is 0.718. The third-order valence-corrected chi connectivity index (χ3v) is 4.14. The first-order chi connectivity index (χ1) is 12.0. The Bertz CT molecular complexity index is 979. The van der Waals surface area contributed by atoms with E-state index < -0.39 is 11.5 Å². The number of rotatable bonds is 4. The second kappa shape index (κ2) is 6.99. The minimum Gasteiger partial charge on any atom is -0.497 e. The number of hydrogen-bond acceptors (Lipinski definition) is 4. The van der Waals surface area contributed by atoms with Gasteiger partial charge in [-0.1, -0.05) is 23.7 Å². The van der Waals surface area contributed by atoms with Gasteiger partial charge in [-0.05, 0) is 48.9 Å². The highest BCUT2D eigenvalue weighted by molar-refractivity contribution is 6.31. The van der Waals surface area contributed by atoms with Crippen LogP contribution in [0.5, 0.6) is 5.75 Å². The van der Waals surface area contributed by atoms with Crippen molar-refractivity contribution in [3.8, 4) is 5.75 Å². The van der Waals surface area contributed by atoms with E-state index in [2.05, 4.69) is 5.32 Å². The van der Waals surface area contributed by atoms with Gasteiger partial charge in [0.1, 0.15) is 16.9 Å². The van der Waals surface area contributed by atoms with Gasteiger partial charge >= 0.3 is 5.63 Å². The number of nitrogens with one attached hydrogen (secondary N) is 1. The van der Waals surface area contributed by atoms with Crippen LogP contribution in [-0.4, -0.2) is 13.0 Å². The van der Waals surface area contributed by atoms with Crippen LogP contribution in [0.1, 0.15) is 28.9 Å². The number of carbonyl (C=O) groups excluding carboxylic acids is 1. The van der Waals surface area contributed by atoms with Gasteiger partial charge in [-0.15, -0.1) is 0 Å². The first-order valence-corrected chi connectivity index (χ1v) is 8.04. The van der Waals surface area contributed by atoms with Crippen LogP contribution in [0.25, 0.3) is 11.0 Å². The Balaban J connectivity index is 1.85. The number of carbonyl (C=O) groups is 1. The van der Waals surface area contributed by atoms with Crippen molar-refractivity contribution in [3.63, 3.8) is 0 Å². The number of halogens is 1. The van der Waals surface area contributed by atoms with Crippen molar-refractivity contribution in [2.24, 2.45) is 0 Å². The summed E-state index contributed by atoms with van der Waals surface area (Å²) < 4.78 is 10.3. The van der Waals surface area contributed by atoms with Gasteiger partial charge in [-0.3, -0.25) is 4.79 Å². The molecular weight excluding hydrogens is 342 g/mol. The van der Waals surface area contributed by atoms with E-state index in [0.717, 1.165) is 11.3 Å². The molecule has 0 radical (unpaired) electrons. The van der Waals surface area contributed by atoms with Crippen LogP contribution in [0, 0.1) is 0 Å². The highest BCUT2D eigenvalue weighted by Crippen LogP contribution is 2.20. The van der Waals surface area contributed by atoms with Gasteiger partial charge < -0.3 is 14.5 Å². The Morgan fingerprint density at radius 1 is 1.16 bits per heavy atom. The van der Waals surface area contributed by atoms with Gasteiger partial charge in [0, 0.05) is 10.4 Å². The van der Waals surface area contributed by atoms with Crippen LogP contribution < -0.4 is 15.7 Å². The lowest BCUT2D eigenvalue weighted by Crippen LogP contribution is -2.30. The Morgan fingerprint density at radius 2 is 1.88 bits per heavy atom. The van der Waals surface area contributed by atoms with Crippen molar-refractivity contribution in [2.75, 3.05) is 7.11 Å². The minimum atomic E-state index is -0.686. The SMILES string of the molecule is COc1ccc([C@@H](C)NC(=O)c2cc3cc(Cl)ccc3oc2=O)cc1. The molecule has 25 heavy (non-hydrogen) atoms. The number of methoxy groups -OCH3 is 1. The fourth-order valence-corrected chi connectivity index (χ4v) is 2.68. The maximum atomic E-state index is 12.5. The maximum Gasteiger partial charge on any atom is 0.349 e. The number of ether oxygens (including phenoxy) is 1. The van der Waals surface area contributed by atoms with Gasteiger partial charge in [-0.2, -0.15) is 0 Å². The summed E-state index contributed by atoms with van der Waals surface area (Å²) in [5, 5.41) is 3.89. The molecule has 0 aliphatic rings. The summed E-state index contributed by atoms with van der Waals surface area (Å²) in [5.41, 5.74) is 0.529. The van der Waals surface area contributed by atoms with Crippen LogP contribution >= 0.6 is 11.6 Å². The molecule has 0 saturated heterocycles. The van der Waals surface area contributed by atoms with E-state index in [1.54, 1.807) is 25.3 Å². The number of fused-ring (bicyclic) bond motifs is 1. The van der Waals surface area contributed by atoms with E-state index in [1.165, 1.54) is 6.07 Å². The zero-order valence-corrected chi connectivity index (χ0v) is 14.5. The molecule has 1 atom stereocenters. The molecule has 1 heterocycles. The molecule has 5 nitrogen and oxygen atoms in total. The zero-order chi connectivity index (χ0) is 18.0. The molecule has 1 N–H and O–H groups in total. The predicted molar refractivity (Wildman–Crippen MR) is 96.4 cm³/mol. The van der Waals surface area contributed by atoms with Gasteiger partial charge in [0.25, 0.3) is 5.91 Å². The third kappa shape index (κ3) is 3.67. The molecule has 0 aliphatic heterocycles. The molecule has 0 spiro atoms. The van der Waals surface area contributed by atoms with E-state index in [9.17, 15) is 9.59 Å². The lowest BCUT2D eigenvalue weighted by atomic mass is 10.1. The average Bonchev–Trinajstić information content (AvgIpc) is 2.61. The zero-order valence-electron chi connectivity index (χ0n) is 13.7. The molecule has 6 heteroatoms. The fraction of sp³-hybridized carbons (Fsp3) is 0.158. The second-order valence-electron chi connectivity index (χ2n) is 5.60. The molecule has 2 aromatic carbocycles. The second-order valence-corrected chi connectivity index (χ2v) is 6.03. The number of amides is 1. The summed E-state index contributed by atoms with van der Waals surface area (Å²) in [4.78, 5) is 24.6. The van der Waals surface area contributed by atoms with Gasteiger partial charge in [0.15, 0.2) is 0 Å². The lowest BCUT2D eigenvalue weighted by molar-refractivity contribution is 0.0936. The normalized spacial score (nSPS) is 12.0. The summed E-state index contributed by atoms with van der Waals surface area (Å²) in [6.45, 7) is 1.83. The van der Waals surface area contributed by atoms with Crippen LogP contribution in [-0.2, 0) is 0 Å². The topological polar surface area (TPSA) is 68.5 Å². The molecule has 3 aromatic rings. The monoisotopic (exact) mass is 357 g/mol. The molecule has 3 rings (SSSR count). The molecular formula is C19H16ClNO4. The number of hydrogen-bond donors (Lipinski definition) is 1. The van der Waals surface area contributed by atoms with Gasteiger partial charge in [0.05, 0.1) is 13.2 Å². The van der Waals surface area contributed by atoms with Crippen molar-refractivity contribution in [1.82, 2.24) is 5.32 Å². The van der Waals surface area contributed by atoms with E-state index >= 15 is 0 Å². The predicted octanol–water partition coefficient (Wildman–Crippen LogP) is 3.95. The largest absolute Gasteiger partial charge is 0.497 e. The minimum absolute atomic E-state index is 0.0601. The van der Waals surface area contributed by atoms with Gasteiger partial charge in [0.2, 0.25) is 0 Å². The standard InChI is InChI=1S/C19H16ClNO4/c1-11(12-3-6-15(24-2)7-4-12)21-18(22)16-10-13-9-14(20)5-8-17(13)25-19(16)23/h3-11H,1-2H3,(H,21,22)/t11-/m1/s1. The fourth-order valence-electron chi connectivity index (χ4n) is 2.50. The highest BCUT2D eigenvalue weighted by atomic mass is 35.5. The Labute approximate surface area is 149 Å².